The second-order valence-corrected chi connectivity index (χ2v) is 8.87. The predicted octanol–water partition coefficient (Wildman–Crippen LogP) is 5.93. The number of pyridine rings is 1. The summed E-state index contributed by atoms with van der Waals surface area (Å²) in [7, 11) is 0. The minimum atomic E-state index is 0.0715. The molecule has 0 amide bonds. The fourth-order valence-corrected chi connectivity index (χ4v) is 5.39. The molecule has 28 heavy (non-hydrogen) atoms. The van der Waals surface area contributed by atoms with Crippen LogP contribution in [0.4, 0.5) is 0 Å². The molecule has 0 unspecified atom stereocenters. The van der Waals surface area contributed by atoms with Gasteiger partial charge in [-0.15, -0.1) is 0 Å². The Hall–Kier alpha value is -2.04. The highest BCUT2D eigenvalue weighted by atomic mass is 32.2. The van der Waals surface area contributed by atoms with Gasteiger partial charge in [-0.1, -0.05) is 43.3 Å². The first-order valence-electron chi connectivity index (χ1n) is 9.80. The summed E-state index contributed by atoms with van der Waals surface area (Å²) in [5.74, 6) is 0.341. The van der Waals surface area contributed by atoms with Gasteiger partial charge in [-0.25, -0.2) is 0 Å². The summed E-state index contributed by atoms with van der Waals surface area (Å²) < 4.78 is 2.36. The van der Waals surface area contributed by atoms with Crippen molar-refractivity contribution in [1.29, 1.82) is 0 Å². The maximum absolute atomic E-state index is 10.1. The maximum atomic E-state index is 10.1. The summed E-state index contributed by atoms with van der Waals surface area (Å²) in [4.78, 5) is 5.45. The quantitative estimate of drug-likeness (QED) is 0.563. The van der Waals surface area contributed by atoms with Gasteiger partial charge in [0.2, 0.25) is 0 Å². The van der Waals surface area contributed by atoms with Gasteiger partial charge in [-0.05, 0) is 68.0 Å². The minimum Gasteiger partial charge on any atom is -0.392 e. The molecule has 0 bridgehead atoms. The molecule has 0 radical (unpaired) electrons. The SMILES string of the molecule is Cc1cc(C)c(Sc2c(C(C)C)c(CO)c(C)n2Cc2ccncc2)c(C)c1. The van der Waals surface area contributed by atoms with Gasteiger partial charge >= 0.3 is 0 Å². The highest BCUT2D eigenvalue weighted by Gasteiger charge is 2.24. The van der Waals surface area contributed by atoms with Gasteiger partial charge in [0.15, 0.2) is 0 Å². The van der Waals surface area contributed by atoms with Gasteiger partial charge < -0.3 is 9.67 Å². The lowest BCUT2D eigenvalue weighted by molar-refractivity contribution is 0.279. The van der Waals surface area contributed by atoms with Crippen molar-refractivity contribution in [1.82, 2.24) is 9.55 Å². The van der Waals surface area contributed by atoms with E-state index in [-0.39, 0.29) is 6.61 Å². The third kappa shape index (κ3) is 4.03. The second kappa shape index (κ2) is 8.54. The Morgan fingerprint density at radius 2 is 1.64 bits per heavy atom. The van der Waals surface area contributed by atoms with E-state index in [0.717, 1.165) is 17.8 Å². The van der Waals surface area contributed by atoms with E-state index in [4.69, 9.17) is 0 Å². The van der Waals surface area contributed by atoms with Crippen molar-refractivity contribution in [3.05, 3.63) is 75.7 Å². The van der Waals surface area contributed by atoms with E-state index in [1.165, 1.54) is 37.7 Å². The normalized spacial score (nSPS) is 11.4. The molecule has 1 aromatic carbocycles. The summed E-state index contributed by atoms with van der Waals surface area (Å²) in [5, 5.41) is 11.4. The number of benzene rings is 1. The van der Waals surface area contributed by atoms with Crippen molar-refractivity contribution in [2.24, 2.45) is 0 Å². The van der Waals surface area contributed by atoms with Gasteiger partial charge in [0, 0.05) is 35.1 Å². The van der Waals surface area contributed by atoms with E-state index in [1.807, 2.05) is 24.2 Å². The van der Waals surface area contributed by atoms with Crippen LogP contribution in [0.2, 0.25) is 0 Å². The lowest BCUT2D eigenvalue weighted by Crippen LogP contribution is -2.05. The third-order valence-electron chi connectivity index (χ3n) is 5.27. The molecular formula is C24H30N2OS. The van der Waals surface area contributed by atoms with Crippen LogP contribution in [-0.4, -0.2) is 14.7 Å². The molecule has 4 heteroatoms. The Morgan fingerprint density at radius 1 is 1.04 bits per heavy atom. The van der Waals surface area contributed by atoms with E-state index in [1.54, 1.807) is 0 Å². The Morgan fingerprint density at radius 3 is 2.18 bits per heavy atom. The van der Waals surface area contributed by atoms with Crippen molar-refractivity contribution < 1.29 is 5.11 Å². The van der Waals surface area contributed by atoms with Crippen LogP contribution in [0.15, 0.2) is 46.6 Å². The monoisotopic (exact) mass is 394 g/mol. The highest BCUT2D eigenvalue weighted by Crippen LogP contribution is 2.42. The Kier molecular flexibility index (Phi) is 6.31. The molecule has 148 valence electrons. The van der Waals surface area contributed by atoms with E-state index in [0.29, 0.717) is 5.92 Å². The number of rotatable bonds is 6. The van der Waals surface area contributed by atoms with Crippen molar-refractivity contribution in [3.63, 3.8) is 0 Å². The largest absolute Gasteiger partial charge is 0.392 e. The van der Waals surface area contributed by atoms with Gasteiger partial charge in [0.1, 0.15) is 0 Å². The summed E-state index contributed by atoms with van der Waals surface area (Å²) in [6.07, 6.45) is 3.68. The van der Waals surface area contributed by atoms with Crippen LogP contribution < -0.4 is 0 Å². The molecule has 2 heterocycles. The van der Waals surface area contributed by atoms with Gasteiger partial charge in [0.05, 0.1) is 11.6 Å². The average molecular weight is 395 g/mol. The number of aryl methyl sites for hydroxylation is 3. The van der Waals surface area contributed by atoms with Crippen molar-refractivity contribution in [3.8, 4) is 0 Å². The minimum absolute atomic E-state index is 0.0715. The first kappa shape index (κ1) is 20.7. The Labute approximate surface area is 172 Å². The third-order valence-corrected chi connectivity index (χ3v) is 6.75. The van der Waals surface area contributed by atoms with Crippen LogP contribution >= 0.6 is 11.8 Å². The van der Waals surface area contributed by atoms with Crippen LogP contribution in [0.25, 0.3) is 0 Å². The lowest BCUT2D eigenvalue weighted by Gasteiger charge is -2.17. The predicted molar refractivity (Wildman–Crippen MR) is 117 cm³/mol. The molecule has 0 spiro atoms. The topological polar surface area (TPSA) is 38.0 Å². The fourth-order valence-electron chi connectivity index (χ4n) is 3.98. The van der Waals surface area contributed by atoms with Gasteiger partial charge in [-0.2, -0.15) is 0 Å². The number of nitrogens with zero attached hydrogens (tertiary/aromatic N) is 2. The molecule has 0 aliphatic carbocycles. The van der Waals surface area contributed by atoms with Crippen LogP contribution in [0.1, 0.15) is 58.8 Å². The number of aliphatic hydroxyl groups excluding tert-OH is 1. The van der Waals surface area contributed by atoms with E-state index >= 15 is 0 Å². The molecule has 0 saturated carbocycles. The Bertz CT molecular complexity index is 951. The lowest BCUT2D eigenvalue weighted by atomic mass is 10.0. The Balaban J connectivity index is 2.17. The van der Waals surface area contributed by atoms with Crippen molar-refractivity contribution >= 4 is 11.8 Å². The average Bonchev–Trinajstić information content (AvgIpc) is 2.90. The maximum Gasteiger partial charge on any atom is 0.0840 e. The number of aromatic nitrogens is 2. The summed E-state index contributed by atoms with van der Waals surface area (Å²) in [6.45, 7) is 13.9. The van der Waals surface area contributed by atoms with Gasteiger partial charge in [0.25, 0.3) is 0 Å². The first-order valence-corrected chi connectivity index (χ1v) is 10.6. The number of aliphatic hydroxyl groups is 1. The van der Waals surface area contributed by atoms with Crippen LogP contribution in [0.3, 0.4) is 0 Å². The smallest absolute Gasteiger partial charge is 0.0840 e. The van der Waals surface area contributed by atoms with E-state index in [2.05, 4.69) is 75.4 Å². The van der Waals surface area contributed by atoms with Crippen molar-refractivity contribution in [2.45, 2.75) is 70.5 Å². The molecule has 1 N–H and O–H groups in total. The first-order chi connectivity index (χ1) is 13.3. The standard InChI is InChI=1S/C24H30N2OS/c1-15(2)22-21(14-27)19(6)26(13-20-7-9-25-10-8-20)24(22)28-23-17(4)11-16(3)12-18(23)5/h7-12,15,27H,13-14H2,1-6H3. The summed E-state index contributed by atoms with van der Waals surface area (Å²) >= 11 is 1.84. The van der Waals surface area contributed by atoms with E-state index < -0.39 is 0 Å². The van der Waals surface area contributed by atoms with Crippen LogP contribution in [0.5, 0.6) is 0 Å². The zero-order chi connectivity index (χ0) is 20.4. The van der Waals surface area contributed by atoms with E-state index in [9.17, 15) is 5.11 Å². The number of hydrogen-bond acceptors (Lipinski definition) is 3. The summed E-state index contributed by atoms with van der Waals surface area (Å²) in [6, 6.07) is 8.62. The van der Waals surface area contributed by atoms with Crippen molar-refractivity contribution in [2.75, 3.05) is 0 Å². The molecule has 0 aliphatic rings. The number of hydrogen-bond donors (Lipinski definition) is 1. The molecule has 3 rings (SSSR count). The molecular weight excluding hydrogens is 364 g/mol. The van der Waals surface area contributed by atoms with Crippen LogP contribution in [-0.2, 0) is 13.2 Å². The molecule has 0 atom stereocenters. The second-order valence-electron chi connectivity index (χ2n) is 7.87. The van der Waals surface area contributed by atoms with Gasteiger partial charge in [-0.3, -0.25) is 4.98 Å². The van der Waals surface area contributed by atoms with Crippen LogP contribution in [0, 0.1) is 27.7 Å². The highest BCUT2D eigenvalue weighted by molar-refractivity contribution is 7.99. The molecule has 3 aromatic rings. The molecule has 3 nitrogen and oxygen atoms in total. The zero-order valence-corrected chi connectivity index (χ0v) is 18.5. The molecule has 0 saturated heterocycles. The fraction of sp³-hybridized carbons (Fsp3) is 0.375. The zero-order valence-electron chi connectivity index (χ0n) is 17.7. The molecule has 2 aromatic heterocycles. The summed E-state index contributed by atoms with van der Waals surface area (Å²) in [5.41, 5.74) is 8.59. The molecule has 0 fully saturated rings. The molecule has 0 aliphatic heterocycles.